The molecule has 1 aromatic rings. The number of rotatable bonds is 1. The number of nitrogens with one attached hydrogen (secondary N) is 1. The first-order chi connectivity index (χ1) is 12.1. The first-order valence-corrected chi connectivity index (χ1v) is 9.24. The lowest BCUT2D eigenvalue weighted by Crippen LogP contribution is -2.50. The summed E-state index contributed by atoms with van der Waals surface area (Å²) in [5.41, 5.74) is 3.73. The van der Waals surface area contributed by atoms with E-state index in [1.165, 1.54) is 17.7 Å². The molecule has 1 N–H and O–H groups in total. The van der Waals surface area contributed by atoms with Crippen LogP contribution in [0.5, 0.6) is 0 Å². The minimum Gasteiger partial charge on any atom is -0.384 e. The summed E-state index contributed by atoms with van der Waals surface area (Å²) in [5, 5.41) is 3.49. The van der Waals surface area contributed by atoms with Crippen molar-refractivity contribution in [3.05, 3.63) is 55.0 Å². The lowest BCUT2D eigenvalue weighted by atomic mass is 9.74. The van der Waals surface area contributed by atoms with Gasteiger partial charge in [-0.15, -0.1) is 13.2 Å². The van der Waals surface area contributed by atoms with E-state index < -0.39 is 0 Å². The fraction of sp³-hybridized carbons (Fsp3) is 0.524. The van der Waals surface area contributed by atoms with Crippen LogP contribution in [0.4, 0.5) is 10.1 Å². The molecule has 3 aliphatic rings. The summed E-state index contributed by atoms with van der Waals surface area (Å²) < 4.78 is 13.7. The Morgan fingerprint density at radius 1 is 1.20 bits per heavy atom. The van der Waals surface area contributed by atoms with E-state index >= 15 is 0 Å². The van der Waals surface area contributed by atoms with Gasteiger partial charge in [0.2, 0.25) is 0 Å². The Hall–Kier alpha value is -1.81. The number of anilines is 1. The molecule has 0 saturated carbocycles. The zero-order valence-corrected chi connectivity index (χ0v) is 15.4. The van der Waals surface area contributed by atoms with Crippen molar-refractivity contribution in [3.8, 4) is 0 Å². The van der Waals surface area contributed by atoms with Crippen LogP contribution in [-0.4, -0.2) is 49.1 Å². The number of likely N-dealkylation sites (tertiary alicyclic amines) is 2. The zero-order chi connectivity index (χ0) is 18.0. The van der Waals surface area contributed by atoms with Gasteiger partial charge in [0.1, 0.15) is 5.82 Å². The van der Waals surface area contributed by atoms with E-state index in [0.717, 1.165) is 51.1 Å². The highest BCUT2D eigenvalue weighted by atomic mass is 19.1. The molecular weight excluding hydrogens is 313 g/mol. The second-order valence-electron chi connectivity index (χ2n) is 7.49. The molecule has 1 atom stereocenters. The number of fused-ring (bicyclic) bond motifs is 2. The minimum atomic E-state index is -0.110. The van der Waals surface area contributed by atoms with Gasteiger partial charge in [0.25, 0.3) is 0 Å². The van der Waals surface area contributed by atoms with Crippen molar-refractivity contribution < 1.29 is 4.39 Å². The number of hydrogen-bond acceptors (Lipinski definition) is 3. The van der Waals surface area contributed by atoms with E-state index in [0.29, 0.717) is 6.04 Å². The largest absolute Gasteiger partial charge is 0.384 e. The van der Waals surface area contributed by atoms with Crippen LogP contribution in [0.25, 0.3) is 0 Å². The first-order valence-electron chi connectivity index (χ1n) is 9.24. The first kappa shape index (κ1) is 18.0. The van der Waals surface area contributed by atoms with Gasteiger partial charge in [-0.05, 0) is 56.1 Å². The third-order valence-electron chi connectivity index (χ3n) is 6.25. The molecule has 0 amide bonds. The van der Waals surface area contributed by atoms with Crippen molar-refractivity contribution in [2.24, 2.45) is 0 Å². The van der Waals surface area contributed by atoms with Gasteiger partial charge in [-0.1, -0.05) is 6.58 Å². The Kier molecular flexibility index (Phi) is 5.19. The second kappa shape index (κ2) is 7.20. The molecule has 2 saturated heterocycles. The quantitative estimate of drug-likeness (QED) is 0.778. The Balaban J connectivity index is 0.000000880. The monoisotopic (exact) mass is 343 g/mol. The van der Waals surface area contributed by atoms with Crippen LogP contribution < -0.4 is 5.32 Å². The summed E-state index contributed by atoms with van der Waals surface area (Å²) in [4.78, 5) is 4.92. The maximum atomic E-state index is 13.7. The molecule has 25 heavy (non-hydrogen) atoms. The number of hydrogen-bond donors (Lipinski definition) is 1. The topological polar surface area (TPSA) is 18.5 Å². The van der Waals surface area contributed by atoms with Crippen LogP contribution >= 0.6 is 0 Å². The summed E-state index contributed by atoms with van der Waals surface area (Å²) in [6.45, 7) is 14.5. The van der Waals surface area contributed by atoms with Crippen molar-refractivity contribution in [3.63, 3.8) is 0 Å². The number of halogens is 1. The molecule has 4 heteroatoms. The van der Waals surface area contributed by atoms with Crippen molar-refractivity contribution in [1.29, 1.82) is 0 Å². The van der Waals surface area contributed by atoms with Crippen LogP contribution in [0.2, 0.25) is 0 Å². The highest BCUT2D eigenvalue weighted by Crippen LogP contribution is 2.44. The highest BCUT2D eigenvalue weighted by Gasteiger charge is 2.42. The molecule has 3 nitrogen and oxygen atoms in total. The molecule has 0 aliphatic carbocycles. The lowest BCUT2D eigenvalue weighted by Gasteiger charge is -2.45. The van der Waals surface area contributed by atoms with Crippen molar-refractivity contribution in [1.82, 2.24) is 9.80 Å². The third kappa shape index (κ3) is 3.32. The summed E-state index contributed by atoms with van der Waals surface area (Å²) in [5.74, 6) is -0.110. The molecule has 136 valence electrons. The molecular formula is C21H30FN3. The smallest absolute Gasteiger partial charge is 0.123 e. The average Bonchev–Trinajstić information content (AvgIpc) is 2.98. The third-order valence-corrected chi connectivity index (χ3v) is 6.25. The van der Waals surface area contributed by atoms with Gasteiger partial charge < -0.3 is 10.2 Å². The molecule has 2 fully saturated rings. The molecule has 1 aromatic carbocycles. The number of nitrogens with zero attached hydrogens (tertiary/aromatic N) is 2. The fourth-order valence-electron chi connectivity index (χ4n) is 4.57. The molecule has 0 radical (unpaired) electrons. The van der Waals surface area contributed by atoms with E-state index in [-0.39, 0.29) is 11.2 Å². The molecule has 3 aliphatic heterocycles. The van der Waals surface area contributed by atoms with E-state index in [9.17, 15) is 4.39 Å². The van der Waals surface area contributed by atoms with Crippen LogP contribution in [0.1, 0.15) is 31.2 Å². The second-order valence-corrected chi connectivity index (χ2v) is 7.49. The zero-order valence-electron chi connectivity index (χ0n) is 15.4. The van der Waals surface area contributed by atoms with Crippen molar-refractivity contribution in [2.75, 3.05) is 38.5 Å². The summed E-state index contributed by atoms with van der Waals surface area (Å²) in [6, 6.07) is 5.84. The molecule has 1 unspecified atom stereocenters. The summed E-state index contributed by atoms with van der Waals surface area (Å²) >= 11 is 0. The Morgan fingerprint density at radius 3 is 2.60 bits per heavy atom. The van der Waals surface area contributed by atoms with E-state index in [4.69, 9.17) is 0 Å². The Labute approximate surface area is 151 Å². The highest BCUT2D eigenvalue weighted by molar-refractivity contribution is 5.60. The van der Waals surface area contributed by atoms with Crippen LogP contribution in [0, 0.1) is 5.82 Å². The van der Waals surface area contributed by atoms with Gasteiger partial charge in [0.15, 0.2) is 0 Å². The molecule has 0 aromatic heterocycles. The normalized spacial score (nSPS) is 25.1. The van der Waals surface area contributed by atoms with Gasteiger partial charge >= 0.3 is 0 Å². The minimum absolute atomic E-state index is 0.110. The maximum Gasteiger partial charge on any atom is 0.123 e. The van der Waals surface area contributed by atoms with Gasteiger partial charge in [0, 0.05) is 49.4 Å². The lowest BCUT2D eigenvalue weighted by molar-refractivity contribution is 0.0938. The molecule has 1 spiro atoms. The standard InChI is InChI=1S/C19H26FN3.C2H4/c1-14-11-16(5-8-22(14)2)23-9-6-19(7-10-23)13-21-18-4-3-15(20)12-17(18)19;1-2/h3-4,12,16,21H,1,5-11,13H2,2H3;1-2H2. The summed E-state index contributed by atoms with van der Waals surface area (Å²) in [7, 11) is 2.14. The average molecular weight is 343 g/mol. The van der Waals surface area contributed by atoms with E-state index in [2.05, 4.69) is 41.9 Å². The van der Waals surface area contributed by atoms with Gasteiger partial charge in [-0.3, -0.25) is 4.90 Å². The van der Waals surface area contributed by atoms with Gasteiger partial charge in [-0.25, -0.2) is 4.39 Å². The summed E-state index contributed by atoms with van der Waals surface area (Å²) in [6.07, 6.45) is 4.56. The molecule has 0 bridgehead atoms. The SMILES string of the molecule is C=C.C=C1CC(N2CCC3(CC2)CNc2ccc(F)cc23)CCN1C. The van der Waals surface area contributed by atoms with E-state index in [1.807, 2.05) is 6.07 Å². The molecule has 4 rings (SSSR count). The fourth-order valence-corrected chi connectivity index (χ4v) is 4.57. The van der Waals surface area contributed by atoms with Crippen LogP contribution in [-0.2, 0) is 5.41 Å². The molecule has 3 heterocycles. The van der Waals surface area contributed by atoms with Crippen LogP contribution in [0.15, 0.2) is 43.6 Å². The Morgan fingerprint density at radius 2 is 1.92 bits per heavy atom. The van der Waals surface area contributed by atoms with Crippen molar-refractivity contribution in [2.45, 2.75) is 37.1 Å². The Bertz CT molecular complexity index is 634. The number of benzene rings is 1. The van der Waals surface area contributed by atoms with Gasteiger partial charge in [-0.2, -0.15) is 0 Å². The van der Waals surface area contributed by atoms with Crippen LogP contribution in [0.3, 0.4) is 0 Å². The van der Waals surface area contributed by atoms with E-state index in [1.54, 1.807) is 12.1 Å². The maximum absolute atomic E-state index is 13.7. The van der Waals surface area contributed by atoms with Crippen molar-refractivity contribution >= 4 is 5.69 Å². The van der Waals surface area contributed by atoms with Gasteiger partial charge in [0.05, 0.1) is 0 Å². The predicted molar refractivity (Wildman–Crippen MR) is 103 cm³/mol. The predicted octanol–water partition coefficient (Wildman–Crippen LogP) is 3.99. The number of piperidine rings is 2.